The average Bonchev–Trinajstić information content (AvgIpc) is 2.58. The minimum Gasteiger partial charge on any atom is -0.457 e. The molecular formula is C12H16O2. The van der Waals surface area contributed by atoms with E-state index in [2.05, 4.69) is 0 Å². The summed E-state index contributed by atoms with van der Waals surface area (Å²) in [5.74, 6) is -0.187. The molecule has 0 unspecified atom stereocenters. The van der Waals surface area contributed by atoms with Gasteiger partial charge in [-0.15, -0.1) is 0 Å². The molecule has 2 heteroatoms. The van der Waals surface area contributed by atoms with Gasteiger partial charge in [0.15, 0.2) is 0 Å². The number of hydrogen-bond donors (Lipinski definition) is 0. The van der Waals surface area contributed by atoms with Crippen LogP contribution in [0.1, 0.15) is 40.9 Å². The first-order chi connectivity index (χ1) is 6.70. The van der Waals surface area contributed by atoms with Gasteiger partial charge in [-0.05, 0) is 31.0 Å². The number of hydrogen-bond acceptors (Lipinski definition) is 2. The predicted molar refractivity (Wildman–Crippen MR) is 56.4 cm³/mol. The topological polar surface area (TPSA) is 26.3 Å². The summed E-state index contributed by atoms with van der Waals surface area (Å²) >= 11 is 0. The molecule has 0 bridgehead atoms. The third-order valence-electron chi connectivity index (χ3n) is 2.44. The van der Waals surface area contributed by atoms with Gasteiger partial charge in [0.05, 0.1) is 5.56 Å². The summed E-state index contributed by atoms with van der Waals surface area (Å²) in [5.41, 5.74) is 4.18. The molecule has 1 aliphatic rings. The molecule has 1 aromatic rings. The monoisotopic (exact) mass is 192 g/mol. The summed E-state index contributed by atoms with van der Waals surface area (Å²) in [4.78, 5) is 11.1. The number of rotatable bonds is 0. The van der Waals surface area contributed by atoms with Crippen molar-refractivity contribution in [3.8, 4) is 0 Å². The van der Waals surface area contributed by atoms with Crippen molar-refractivity contribution in [2.75, 3.05) is 0 Å². The van der Waals surface area contributed by atoms with Gasteiger partial charge < -0.3 is 4.74 Å². The van der Waals surface area contributed by atoms with Crippen molar-refractivity contribution >= 4 is 5.97 Å². The SMILES string of the molecule is CC.Cc1ccc2c(c1C)COC2=O. The first-order valence-electron chi connectivity index (χ1n) is 4.96. The summed E-state index contributed by atoms with van der Waals surface area (Å²) in [6.45, 7) is 8.51. The predicted octanol–water partition coefficient (Wildman–Crippen LogP) is 3.00. The Morgan fingerprint density at radius 3 is 2.50 bits per heavy atom. The molecule has 0 spiro atoms. The Morgan fingerprint density at radius 2 is 1.86 bits per heavy atom. The molecule has 0 aromatic heterocycles. The normalized spacial score (nSPS) is 12.7. The van der Waals surface area contributed by atoms with E-state index < -0.39 is 0 Å². The Kier molecular flexibility index (Phi) is 3.28. The van der Waals surface area contributed by atoms with Crippen LogP contribution in [0.5, 0.6) is 0 Å². The van der Waals surface area contributed by atoms with E-state index in [-0.39, 0.29) is 5.97 Å². The Labute approximate surface area is 84.9 Å². The highest BCUT2D eigenvalue weighted by atomic mass is 16.5. The van der Waals surface area contributed by atoms with Crippen molar-refractivity contribution in [2.24, 2.45) is 0 Å². The molecule has 0 aliphatic carbocycles. The largest absolute Gasteiger partial charge is 0.457 e. The molecular weight excluding hydrogens is 176 g/mol. The first kappa shape index (κ1) is 10.8. The Bertz CT molecular complexity index is 354. The van der Waals surface area contributed by atoms with Crippen molar-refractivity contribution in [1.82, 2.24) is 0 Å². The molecule has 0 atom stereocenters. The van der Waals surface area contributed by atoms with Crippen LogP contribution in [-0.2, 0) is 11.3 Å². The fourth-order valence-electron chi connectivity index (χ4n) is 1.47. The molecule has 0 saturated carbocycles. The van der Waals surface area contributed by atoms with Crippen molar-refractivity contribution in [3.05, 3.63) is 34.4 Å². The van der Waals surface area contributed by atoms with Crippen molar-refractivity contribution in [3.63, 3.8) is 0 Å². The maximum Gasteiger partial charge on any atom is 0.338 e. The summed E-state index contributed by atoms with van der Waals surface area (Å²) < 4.78 is 4.92. The highest BCUT2D eigenvalue weighted by molar-refractivity contribution is 5.93. The highest BCUT2D eigenvalue weighted by Gasteiger charge is 2.22. The number of aryl methyl sites for hydroxylation is 1. The Hall–Kier alpha value is -1.31. The summed E-state index contributed by atoms with van der Waals surface area (Å²) in [6, 6.07) is 3.80. The van der Waals surface area contributed by atoms with Crippen molar-refractivity contribution < 1.29 is 9.53 Å². The van der Waals surface area contributed by atoms with E-state index in [9.17, 15) is 4.79 Å². The van der Waals surface area contributed by atoms with E-state index in [4.69, 9.17) is 4.74 Å². The molecule has 1 aromatic carbocycles. The summed E-state index contributed by atoms with van der Waals surface area (Å²) in [7, 11) is 0. The van der Waals surface area contributed by atoms with Gasteiger partial charge in [0.2, 0.25) is 0 Å². The molecule has 2 nitrogen and oxygen atoms in total. The zero-order chi connectivity index (χ0) is 10.7. The Balaban J connectivity index is 0.000000461. The van der Waals surface area contributed by atoms with Gasteiger partial charge in [0.25, 0.3) is 0 Å². The number of carbonyl (C=O) groups is 1. The van der Waals surface area contributed by atoms with Gasteiger partial charge in [-0.25, -0.2) is 4.79 Å². The minimum absolute atomic E-state index is 0.187. The highest BCUT2D eigenvalue weighted by Crippen LogP contribution is 2.24. The van der Waals surface area contributed by atoms with Gasteiger partial charge in [-0.3, -0.25) is 0 Å². The molecule has 14 heavy (non-hydrogen) atoms. The fraction of sp³-hybridized carbons (Fsp3) is 0.417. The number of ether oxygens (including phenoxy) is 1. The zero-order valence-electron chi connectivity index (χ0n) is 9.18. The van der Waals surface area contributed by atoms with Gasteiger partial charge in [0.1, 0.15) is 6.61 Å². The van der Waals surface area contributed by atoms with Gasteiger partial charge >= 0.3 is 5.97 Å². The molecule has 2 rings (SSSR count). The van der Waals surface area contributed by atoms with Crippen molar-refractivity contribution in [2.45, 2.75) is 34.3 Å². The first-order valence-corrected chi connectivity index (χ1v) is 4.96. The van der Waals surface area contributed by atoms with Gasteiger partial charge in [0, 0.05) is 5.56 Å². The zero-order valence-corrected chi connectivity index (χ0v) is 9.18. The lowest BCUT2D eigenvalue weighted by Gasteiger charge is -2.02. The molecule has 1 aliphatic heterocycles. The van der Waals surface area contributed by atoms with Gasteiger partial charge in [-0.2, -0.15) is 0 Å². The summed E-state index contributed by atoms with van der Waals surface area (Å²) in [5, 5.41) is 0. The second kappa shape index (κ2) is 4.27. The van der Waals surface area contributed by atoms with E-state index in [0.29, 0.717) is 6.61 Å². The second-order valence-corrected chi connectivity index (χ2v) is 3.11. The van der Waals surface area contributed by atoms with Crippen molar-refractivity contribution in [1.29, 1.82) is 0 Å². The van der Waals surface area contributed by atoms with Crippen LogP contribution in [0.2, 0.25) is 0 Å². The van der Waals surface area contributed by atoms with E-state index in [1.807, 2.05) is 39.8 Å². The second-order valence-electron chi connectivity index (χ2n) is 3.11. The minimum atomic E-state index is -0.187. The number of esters is 1. The Morgan fingerprint density at radius 1 is 1.21 bits per heavy atom. The van der Waals surface area contributed by atoms with Crippen LogP contribution >= 0.6 is 0 Å². The number of carbonyl (C=O) groups excluding carboxylic acids is 1. The molecule has 0 amide bonds. The van der Waals surface area contributed by atoms with Crippen LogP contribution in [-0.4, -0.2) is 5.97 Å². The lowest BCUT2D eigenvalue weighted by molar-refractivity contribution is 0.0535. The van der Waals surface area contributed by atoms with Crippen LogP contribution in [0.3, 0.4) is 0 Å². The molecule has 0 saturated heterocycles. The number of cyclic esters (lactones) is 1. The van der Waals surface area contributed by atoms with Crippen LogP contribution in [0.15, 0.2) is 12.1 Å². The van der Waals surface area contributed by atoms with Crippen LogP contribution in [0.25, 0.3) is 0 Å². The molecule has 0 fully saturated rings. The third kappa shape index (κ3) is 1.65. The maximum absolute atomic E-state index is 11.1. The fourth-order valence-corrected chi connectivity index (χ4v) is 1.47. The lowest BCUT2D eigenvalue weighted by Crippen LogP contribution is -1.94. The molecule has 76 valence electrons. The standard InChI is InChI=1S/C10H10O2.C2H6/c1-6-3-4-8-9(7(6)2)5-12-10(8)11;1-2/h3-4H,5H2,1-2H3;1-2H3. The average molecular weight is 192 g/mol. The molecule has 0 radical (unpaired) electrons. The van der Waals surface area contributed by atoms with E-state index in [1.165, 1.54) is 11.1 Å². The van der Waals surface area contributed by atoms with Crippen LogP contribution in [0, 0.1) is 13.8 Å². The van der Waals surface area contributed by atoms with Crippen LogP contribution in [0.4, 0.5) is 0 Å². The maximum atomic E-state index is 11.1. The smallest absolute Gasteiger partial charge is 0.338 e. The lowest BCUT2D eigenvalue weighted by atomic mass is 10.00. The molecule has 0 N–H and O–H groups in total. The van der Waals surface area contributed by atoms with E-state index in [1.54, 1.807) is 0 Å². The quantitative estimate of drug-likeness (QED) is 0.591. The van der Waals surface area contributed by atoms with Gasteiger partial charge in [-0.1, -0.05) is 19.9 Å². The third-order valence-corrected chi connectivity index (χ3v) is 2.44. The number of fused-ring (bicyclic) bond motifs is 1. The molecule has 1 heterocycles. The van der Waals surface area contributed by atoms with Crippen LogP contribution < -0.4 is 0 Å². The number of benzene rings is 1. The van der Waals surface area contributed by atoms with E-state index in [0.717, 1.165) is 11.1 Å². The van der Waals surface area contributed by atoms with E-state index >= 15 is 0 Å². The summed E-state index contributed by atoms with van der Waals surface area (Å²) in [6.07, 6.45) is 0.